The van der Waals surface area contributed by atoms with Gasteiger partial charge in [-0.25, -0.2) is 9.98 Å². The Balaban J connectivity index is 2.85. The van der Waals surface area contributed by atoms with E-state index >= 15 is 0 Å². The van der Waals surface area contributed by atoms with Gasteiger partial charge in [-0.05, 0) is 26.3 Å². The molecule has 0 fully saturated rings. The molecule has 2 N–H and O–H groups in total. The molecular weight excluding hydrogens is 182 g/mol. The minimum Gasteiger partial charge on any atom is -0.387 e. The quantitative estimate of drug-likeness (QED) is 0.581. The number of aromatic nitrogens is 1. The number of nitrogens with two attached hydrogens (primary N) is 1. The summed E-state index contributed by atoms with van der Waals surface area (Å²) in [6, 6.07) is 0. The summed E-state index contributed by atoms with van der Waals surface area (Å²) >= 11 is 1.64. The van der Waals surface area contributed by atoms with Gasteiger partial charge in [-0.2, -0.15) is 0 Å². The van der Waals surface area contributed by atoms with Crippen LogP contribution in [-0.2, 0) is 0 Å². The molecule has 13 heavy (non-hydrogen) atoms. The summed E-state index contributed by atoms with van der Waals surface area (Å²) in [5.74, 6) is 0.561. The van der Waals surface area contributed by atoms with Crippen molar-refractivity contribution in [2.24, 2.45) is 10.7 Å². The molecule has 0 aliphatic rings. The number of nitrogens with zero attached hydrogens (tertiary/aromatic N) is 2. The summed E-state index contributed by atoms with van der Waals surface area (Å²) in [4.78, 5) is 8.34. The highest BCUT2D eigenvalue weighted by Gasteiger charge is 1.98. The van der Waals surface area contributed by atoms with E-state index in [-0.39, 0.29) is 0 Å². The molecule has 4 heteroatoms. The summed E-state index contributed by atoms with van der Waals surface area (Å²) in [5.41, 5.74) is 7.43. The van der Waals surface area contributed by atoms with Crippen LogP contribution in [0.4, 0.5) is 0 Å². The molecular formula is C9H13N3S. The van der Waals surface area contributed by atoms with Crippen LogP contribution < -0.4 is 5.73 Å². The molecule has 0 spiro atoms. The lowest BCUT2D eigenvalue weighted by molar-refractivity contribution is 1.25. The van der Waals surface area contributed by atoms with Crippen LogP contribution in [0.2, 0.25) is 0 Å². The zero-order valence-electron chi connectivity index (χ0n) is 8.03. The van der Waals surface area contributed by atoms with Gasteiger partial charge in [0.1, 0.15) is 0 Å². The summed E-state index contributed by atoms with van der Waals surface area (Å²) in [6.07, 6.45) is 1.74. The molecule has 1 aromatic rings. The van der Waals surface area contributed by atoms with Gasteiger partial charge in [0.25, 0.3) is 0 Å². The van der Waals surface area contributed by atoms with E-state index in [1.54, 1.807) is 24.5 Å². The van der Waals surface area contributed by atoms with Crippen molar-refractivity contribution in [3.8, 4) is 0 Å². The number of aryl methyl sites for hydroxylation is 1. The van der Waals surface area contributed by atoms with Crippen LogP contribution in [0.5, 0.6) is 0 Å². The van der Waals surface area contributed by atoms with Crippen molar-refractivity contribution in [1.29, 1.82) is 0 Å². The Hall–Kier alpha value is -1.16. The van der Waals surface area contributed by atoms with Gasteiger partial charge in [0.05, 0.1) is 16.5 Å². The monoisotopic (exact) mass is 195 g/mol. The van der Waals surface area contributed by atoms with Crippen molar-refractivity contribution in [3.05, 3.63) is 22.3 Å². The highest BCUT2D eigenvalue weighted by molar-refractivity contribution is 7.09. The van der Waals surface area contributed by atoms with Crippen LogP contribution in [0, 0.1) is 6.92 Å². The van der Waals surface area contributed by atoms with Crippen molar-refractivity contribution >= 4 is 22.7 Å². The van der Waals surface area contributed by atoms with Gasteiger partial charge >= 0.3 is 0 Å². The molecule has 0 unspecified atom stereocenters. The molecule has 0 bridgehead atoms. The smallest absolute Gasteiger partial charge is 0.0957 e. The Morgan fingerprint density at radius 2 is 2.31 bits per heavy atom. The van der Waals surface area contributed by atoms with E-state index in [0.29, 0.717) is 5.84 Å². The van der Waals surface area contributed by atoms with Crippen LogP contribution >= 0.6 is 11.3 Å². The van der Waals surface area contributed by atoms with E-state index in [9.17, 15) is 0 Å². The molecule has 0 atom stereocenters. The highest BCUT2D eigenvalue weighted by atomic mass is 32.1. The summed E-state index contributed by atoms with van der Waals surface area (Å²) in [6.45, 7) is 5.72. The summed E-state index contributed by atoms with van der Waals surface area (Å²) in [5, 5.41) is 3.08. The fraction of sp³-hybridized carbons (Fsp3) is 0.333. The van der Waals surface area contributed by atoms with Crippen molar-refractivity contribution in [3.63, 3.8) is 0 Å². The minimum absolute atomic E-state index is 0.561. The number of thiazole rings is 1. The molecule has 70 valence electrons. The van der Waals surface area contributed by atoms with Crippen molar-refractivity contribution in [2.75, 3.05) is 0 Å². The van der Waals surface area contributed by atoms with Gasteiger partial charge < -0.3 is 5.73 Å². The first kappa shape index (κ1) is 9.92. The molecule has 0 aliphatic carbocycles. The second-order valence-corrected chi connectivity index (χ2v) is 3.90. The SMILES string of the molecule is CC(N)=N/C=C(\C)c1csc(C)n1. The van der Waals surface area contributed by atoms with Crippen LogP contribution in [0.25, 0.3) is 5.57 Å². The van der Waals surface area contributed by atoms with Crippen LogP contribution in [-0.4, -0.2) is 10.8 Å². The van der Waals surface area contributed by atoms with Crippen LogP contribution in [0.15, 0.2) is 16.6 Å². The lowest BCUT2D eigenvalue weighted by Crippen LogP contribution is -2.03. The Bertz CT molecular complexity index is 345. The van der Waals surface area contributed by atoms with E-state index in [0.717, 1.165) is 16.3 Å². The average molecular weight is 195 g/mol. The van der Waals surface area contributed by atoms with Crippen molar-refractivity contribution in [1.82, 2.24) is 4.98 Å². The number of aliphatic imine (C=N–C) groups is 1. The maximum Gasteiger partial charge on any atom is 0.0957 e. The second-order valence-electron chi connectivity index (χ2n) is 2.83. The molecule has 1 heterocycles. The molecule has 3 nitrogen and oxygen atoms in total. The zero-order chi connectivity index (χ0) is 9.84. The highest BCUT2D eigenvalue weighted by Crippen LogP contribution is 2.16. The number of hydrogen-bond donors (Lipinski definition) is 1. The van der Waals surface area contributed by atoms with Gasteiger partial charge in [0.15, 0.2) is 0 Å². The van der Waals surface area contributed by atoms with Gasteiger partial charge in [0.2, 0.25) is 0 Å². The molecule has 1 aromatic heterocycles. The number of amidine groups is 1. The molecule has 0 radical (unpaired) electrons. The fourth-order valence-corrected chi connectivity index (χ4v) is 1.48. The Kier molecular flexibility index (Phi) is 3.19. The largest absolute Gasteiger partial charge is 0.387 e. The van der Waals surface area contributed by atoms with Crippen molar-refractivity contribution in [2.45, 2.75) is 20.8 Å². The number of allylic oxidation sites excluding steroid dienone is 1. The Labute approximate surface area is 82.0 Å². The average Bonchev–Trinajstić information content (AvgIpc) is 2.47. The first-order valence-corrected chi connectivity index (χ1v) is 4.86. The zero-order valence-corrected chi connectivity index (χ0v) is 8.85. The third-order valence-electron chi connectivity index (χ3n) is 1.48. The first-order valence-electron chi connectivity index (χ1n) is 3.98. The van der Waals surface area contributed by atoms with E-state index in [2.05, 4.69) is 9.98 Å². The van der Waals surface area contributed by atoms with Crippen LogP contribution in [0.3, 0.4) is 0 Å². The number of hydrogen-bond acceptors (Lipinski definition) is 3. The molecule has 0 aromatic carbocycles. The van der Waals surface area contributed by atoms with E-state index in [1.165, 1.54) is 0 Å². The molecule has 0 amide bonds. The molecule has 1 rings (SSSR count). The third kappa shape index (κ3) is 2.99. The maximum absolute atomic E-state index is 5.41. The van der Waals surface area contributed by atoms with Gasteiger partial charge in [0, 0.05) is 11.6 Å². The topological polar surface area (TPSA) is 51.3 Å². The predicted octanol–water partition coefficient (Wildman–Crippen LogP) is 2.19. The lowest BCUT2D eigenvalue weighted by Gasteiger charge is -1.92. The number of rotatable bonds is 2. The van der Waals surface area contributed by atoms with Gasteiger partial charge in [-0.3, -0.25) is 0 Å². The Morgan fingerprint density at radius 1 is 1.62 bits per heavy atom. The van der Waals surface area contributed by atoms with E-state index in [1.807, 2.05) is 19.2 Å². The minimum atomic E-state index is 0.561. The van der Waals surface area contributed by atoms with E-state index < -0.39 is 0 Å². The third-order valence-corrected chi connectivity index (χ3v) is 2.26. The van der Waals surface area contributed by atoms with Gasteiger partial charge in [-0.15, -0.1) is 11.3 Å². The van der Waals surface area contributed by atoms with E-state index in [4.69, 9.17) is 5.73 Å². The molecule has 0 saturated heterocycles. The standard InChI is InChI=1S/C9H13N3S/c1-6(4-11-7(2)10)9-5-13-8(3)12-9/h4-5H,1-3H3,(H2,10,11)/b6-4+. The van der Waals surface area contributed by atoms with Crippen molar-refractivity contribution < 1.29 is 0 Å². The fourth-order valence-electron chi connectivity index (χ4n) is 0.809. The maximum atomic E-state index is 5.41. The Morgan fingerprint density at radius 3 is 2.77 bits per heavy atom. The molecule has 0 saturated carbocycles. The molecule has 0 aliphatic heterocycles. The first-order chi connectivity index (χ1) is 6.09. The predicted molar refractivity (Wildman–Crippen MR) is 57.8 cm³/mol. The summed E-state index contributed by atoms with van der Waals surface area (Å²) in [7, 11) is 0. The normalized spacial score (nSPS) is 13.5. The van der Waals surface area contributed by atoms with Gasteiger partial charge in [-0.1, -0.05) is 0 Å². The summed E-state index contributed by atoms with van der Waals surface area (Å²) < 4.78 is 0. The lowest BCUT2D eigenvalue weighted by atomic mass is 10.2. The second kappa shape index (κ2) is 4.18. The van der Waals surface area contributed by atoms with Crippen LogP contribution in [0.1, 0.15) is 24.5 Å².